The smallest absolute Gasteiger partial charge is 0.337 e. The summed E-state index contributed by atoms with van der Waals surface area (Å²) in [5.41, 5.74) is 1.41. The first-order valence-corrected chi connectivity index (χ1v) is 5.83. The van der Waals surface area contributed by atoms with Gasteiger partial charge in [0.1, 0.15) is 5.75 Å². The van der Waals surface area contributed by atoms with Gasteiger partial charge >= 0.3 is 5.97 Å². The Morgan fingerprint density at radius 1 is 1.47 bits per heavy atom. The van der Waals surface area contributed by atoms with E-state index in [1.54, 1.807) is 6.07 Å². The van der Waals surface area contributed by atoms with Crippen molar-refractivity contribution in [2.45, 2.75) is 18.8 Å². The molecule has 17 heavy (non-hydrogen) atoms. The van der Waals surface area contributed by atoms with E-state index in [0.717, 1.165) is 31.5 Å². The van der Waals surface area contributed by atoms with E-state index < -0.39 is 5.97 Å². The van der Waals surface area contributed by atoms with E-state index in [0.29, 0.717) is 11.5 Å². The van der Waals surface area contributed by atoms with E-state index in [2.05, 4.69) is 10.1 Å². The van der Waals surface area contributed by atoms with Crippen LogP contribution in [0.3, 0.4) is 0 Å². The highest BCUT2D eigenvalue weighted by Gasteiger charge is 2.18. The number of hydrogen-bond donors (Lipinski definition) is 2. The maximum Gasteiger partial charge on any atom is 0.337 e. The molecule has 2 rings (SSSR count). The lowest BCUT2D eigenvalue weighted by Gasteiger charge is -2.23. The van der Waals surface area contributed by atoms with Crippen LogP contribution in [0.4, 0.5) is 0 Å². The van der Waals surface area contributed by atoms with E-state index in [9.17, 15) is 9.90 Å². The van der Waals surface area contributed by atoms with Crippen LogP contribution in [0.5, 0.6) is 5.75 Å². The van der Waals surface area contributed by atoms with Gasteiger partial charge in [-0.2, -0.15) is 0 Å². The van der Waals surface area contributed by atoms with Crippen LogP contribution in [0, 0.1) is 0 Å². The van der Waals surface area contributed by atoms with Gasteiger partial charge in [-0.1, -0.05) is 0 Å². The molecular weight excluding hydrogens is 218 g/mol. The molecule has 1 aromatic rings. The fourth-order valence-corrected chi connectivity index (χ4v) is 2.24. The van der Waals surface area contributed by atoms with Crippen molar-refractivity contribution in [1.82, 2.24) is 5.32 Å². The lowest BCUT2D eigenvalue weighted by molar-refractivity contribution is 0.0600. The second kappa shape index (κ2) is 5.19. The van der Waals surface area contributed by atoms with Gasteiger partial charge < -0.3 is 15.2 Å². The Morgan fingerprint density at radius 2 is 2.29 bits per heavy atom. The number of piperidine rings is 1. The summed E-state index contributed by atoms with van der Waals surface area (Å²) < 4.78 is 4.67. The zero-order valence-corrected chi connectivity index (χ0v) is 9.90. The highest BCUT2D eigenvalue weighted by Crippen LogP contribution is 2.27. The van der Waals surface area contributed by atoms with Crippen molar-refractivity contribution in [3.05, 3.63) is 29.3 Å². The van der Waals surface area contributed by atoms with Gasteiger partial charge in [0.15, 0.2) is 0 Å². The Labute approximate surface area is 101 Å². The average molecular weight is 235 g/mol. The second-order valence-electron chi connectivity index (χ2n) is 4.35. The molecule has 0 radical (unpaired) electrons. The highest BCUT2D eigenvalue weighted by molar-refractivity contribution is 5.90. The summed E-state index contributed by atoms with van der Waals surface area (Å²) in [4.78, 5) is 11.5. The molecule has 1 saturated heterocycles. The molecule has 0 spiro atoms. The largest absolute Gasteiger partial charge is 0.508 e. The van der Waals surface area contributed by atoms with E-state index in [4.69, 9.17) is 0 Å². The lowest BCUT2D eigenvalue weighted by Crippen LogP contribution is -2.28. The second-order valence-corrected chi connectivity index (χ2v) is 4.35. The standard InChI is InChI=1S/C13H17NO3/c1-17-13(16)11-5-10(6-12(15)7-11)9-3-2-4-14-8-9/h5-7,9,14-15H,2-4,8H2,1H3. The van der Waals surface area contributed by atoms with Gasteiger partial charge in [0.25, 0.3) is 0 Å². The van der Waals surface area contributed by atoms with Crippen LogP contribution in [0.1, 0.15) is 34.7 Å². The van der Waals surface area contributed by atoms with Crippen molar-refractivity contribution in [1.29, 1.82) is 0 Å². The minimum Gasteiger partial charge on any atom is -0.508 e. The van der Waals surface area contributed by atoms with E-state index in [1.807, 2.05) is 6.07 Å². The van der Waals surface area contributed by atoms with Gasteiger partial charge in [-0.05, 0) is 49.1 Å². The van der Waals surface area contributed by atoms with Crippen molar-refractivity contribution >= 4 is 5.97 Å². The number of phenols is 1. The summed E-state index contributed by atoms with van der Waals surface area (Å²) in [5, 5.41) is 13.0. The third-order valence-electron chi connectivity index (χ3n) is 3.13. The molecular formula is C13H17NO3. The molecule has 0 amide bonds. The number of phenolic OH excluding ortho intramolecular Hbond substituents is 1. The Balaban J connectivity index is 2.27. The molecule has 0 saturated carbocycles. The normalized spacial score (nSPS) is 19.9. The first-order chi connectivity index (χ1) is 8.20. The number of ether oxygens (including phenoxy) is 1. The fourth-order valence-electron chi connectivity index (χ4n) is 2.24. The first kappa shape index (κ1) is 11.9. The third kappa shape index (κ3) is 2.77. The Kier molecular flexibility index (Phi) is 3.64. The van der Waals surface area contributed by atoms with E-state index >= 15 is 0 Å². The molecule has 1 unspecified atom stereocenters. The van der Waals surface area contributed by atoms with Crippen LogP contribution in [-0.2, 0) is 4.74 Å². The van der Waals surface area contributed by atoms with Gasteiger partial charge in [-0.3, -0.25) is 0 Å². The number of aromatic hydroxyl groups is 1. The minimum atomic E-state index is -0.411. The number of carbonyl (C=O) groups is 1. The van der Waals surface area contributed by atoms with Crippen LogP contribution >= 0.6 is 0 Å². The summed E-state index contributed by atoms with van der Waals surface area (Å²) in [6.45, 7) is 1.93. The molecule has 92 valence electrons. The Bertz CT molecular complexity index is 411. The lowest BCUT2D eigenvalue weighted by atomic mass is 9.90. The monoisotopic (exact) mass is 235 g/mol. The summed E-state index contributed by atoms with van der Waals surface area (Å²) in [6, 6.07) is 4.97. The topological polar surface area (TPSA) is 58.6 Å². The molecule has 4 nitrogen and oxygen atoms in total. The summed E-state index contributed by atoms with van der Waals surface area (Å²) >= 11 is 0. The zero-order valence-electron chi connectivity index (χ0n) is 9.90. The fraction of sp³-hybridized carbons (Fsp3) is 0.462. The van der Waals surface area contributed by atoms with Crippen LogP contribution in [0.25, 0.3) is 0 Å². The van der Waals surface area contributed by atoms with Gasteiger partial charge in [0, 0.05) is 6.54 Å². The van der Waals surface area contributed by atoms with E-state index in [-0.39, 0.29) is 5.75 Å². The molecule has 1 heterocycles. The molecule has 1 atom stereocenters. The average Bonchev–Trinajstić information content (AvgIpc) is 2.38. The quantitative estimate of drug-likeness (QED) is 0.765. The molecule has 2 N–H and O–H groups in total. The summed E-state index contributed by atoms with van der Waals surface area (Å²) in [7, 11) is 1.34. The van der Waals surface area contributed by atoms with Gasteiger partial charge in [-0.15, -0.1) is 0 Å². The predicted octanol–water partition coefficient (Wildman–Crippen LogP) is 1.65. The van der Waals surface area contributed by atoms with Crippen LogP contribution < -0.4 is 5.32 Å². The zero-order chi connectivity index (χ0) is 12.3. The van der Waals surface area contributed by atoms with Gasteiger partial charge in [0.05, 0.1) is 12.7 Å². The number of benzene rings is 1. The van der Waals surface area contributed by atoms with Crippen molar-refractivity contribution in [2.75, 3.05) is 20.2 Å². The first-order valence-electron chi connectivity index (χ1n) is 5.83. The maximum atomic E-state index is 11.5. The van der Waals surface area contributed by atoms with Crippen LogP contribution in [0.15, 0.2) is 18.2 Å². The molecule has 1 aliphatic heterocycles. The Morgan fingerprint density at radius 3 is 2.94 bits per heavy atom. The predicted molar refractivity (Wildman–Crippen MR) is 64.3 cm³/mol. The van der Waals surface area contributed by atoms with Crippen molar-refractivity contribution < 1.29 is 14.6 Å². The summed E-state index contributed by atoms with van der Waals surface area (Å²) in [5.74, 6) is 0.0682. The number of rotatable bonds is 2. The van der Waals surface area contributed by atoms with Gasteiger partial charge in [-0.25, -0.2) is 4.79 Å². The maximum absolute atomic E-state index is 11.5. The van der Waals surface area contributed by atoms with Gasteiger partial charge in [0.2, 0.25) is 0 Å². The molecule has 4 heteroatoms. The van der Waals surface area contributed by atoms with E-state index in [1.165, 1.54) is 13.2 Å². The van der Waals surface area contributed by atoms with Crippen molar-refractivity contribution in [2.24, 2.45) is 0 Å². The number of esters is 1. The minimum absolute atomic E-state index is 0.119. The van der Waals surface area contributed by atoms with Crippen molar-refractivity contribution in [3.8, 4) is 5.75 Å². The molecule has 1 aliphatic rings. The Hall–Kier alpha value is -1.55. The number of nitrogens with one attached hydrogen (secondary N) is 1. The molecule has 1 aromatic carbocycles. The van der Waals surface area contributed by atoms with Crippen LogP contribution in [0.2, 0.25) is 0 Å². The highest BCUT2D eigenvalue weighted by atomic mass is 16.5. The molecule has 0 aliphatic carbocycles. The number of hydrogen-bond acceptors (Lipinski definition) is 4. The van der Waals surface area contributed by atoms with Crippen molar-refractivity contribution in [3.63, 3.8) is 0 Å². The SMILES string of the molecule is COC(=O)c1cc(O)cc(C2CCCNC2)c1. The third-order valence-corrected chi connectivity index (χ3v) is 3.13. The molecule has 1 fully saturated rings. The molecule has 0 bridgehead atoms. The number of carbonyl (C=O) groups excluding carboxylic acids is 1. The number of methoxy groups -OCH3 is 1. The van der Waals surface area contributed by atoms with Crippen LogP contribution in [-0.4, -0.2) is 31.3 Å². The molecule has 0 aromatic heterocycles. The summed E-state index contributed by atoms with van der Waals surface area (Å²) in [6.07, 6.45) is 2.20.